The van der Waals surface area contributed by atoms with Gasteiger partial charge in [0.2, 0.25) is 0 Å². The van der Waals surface area contributed by atoms with Crippen LogP contribution in [0.4, 0.5) is 6.01 Å². The van der Waals surface area contributed by atoms with Gasteiger partial charge in [-0.05, 0) is 6.92 Å². The second kappa shape index (κ2) is 3.02. The zero-order chi connectivity index (χ0) is 9.30. The highest BCUT2D eigenvalue weighted by Gasteiger charge is 2.22. The third kappa shape index (κ3) is 1.50. The van der Waals surface area contributed by atoms with Crippen molar-refractivity contribution >= 4 is 23.6 Å². The molecule has 0 bridgehead atoms. The van der Waals surface area contributed by atoms with Crippen molar-refractivity contribution in [3.05, 3.63) is 10.9 Å². The highest BCUT2D eigenvalue weighted by Crippen LogP contribution is 2.25. The lowest BCUT2D eigenvalue weighted by Crippen LogP contribution is -2.06. The molecule has 0 saturated carbocycles. The summed E-state index contributed by atoms with van der Waals surface area (Å²) in [4.78, 5) is 14.0. The van der Waals surface area contributed by atoms with Crippen LogP contribution in [0.3, 0.4) is 0 Å². The molecule has 1 unspecified atom stereocenters. The summed E-state index contributed by atoms with van der Waals surface area (Å²) in [5, 5.41) is 8.58. The summed E-state index contributed by atoms with van der Waals surface area (Å²) in [6, 6.07) is -0.122. The van der Waals surface area contributed by atoms with Gasteiger partial charge < -0.3 is 15.3 Å². The van der Waals surface area contributed by atoms with Gasteiger partial charge in [0.1, 0.15) is 5.92 Å². The molecule has 0 radical (unpaired) electrons. The van der Waals surface area contributed by atoms with E-state index in [4.69, 9.17) is 26.9 Å². The van der Waals surface area contributed by atoms with E-state index in [1.54, 1.807) is 0 Å². The predicted molar refractivity (Wildman–Crippen MR) is 42.0 cm³/mol. The number of anilines is 1. The molecule has 3 N–H and O–H groups in total. The number of carboxylic acids is 1. The number of rotatable bonds is 2. The van der Waals surface area contributed by atoms with Gasteiger partial charge in [-0.3, -0.25) is 4.79 Å². The summed E-state index contributed by atoms with van der Waals surface area (Å²) in [6.07, 6.45) is 0. The van der Waals surface area contributed by atoms with E-state index >= 15 is 0 Å². The normalized spacial score (nSPS) is 12.8. The Kier molecular flexibility index (Phi) is 2.23. The molecule has 0 aliphatic heterocycles. The predicted octanol–water partition coefficient (Wildman–Crippen LogP) is 1.10. The largest absolute Gasteiger partial charge is 0.481 e. The molecule has 66 valence electrons. The van der Waals surface area contributed by atoms with Gasteiger partial charge in [0.25, 0.3) is 6.01 Å². The van der Waals surface area contributed by atoms with Crippen molar-refractivity contribution in [3.63, 3.8) is 0 Å². The lowest BCUT2D eigenvalue weighted by Gasteiger charge is -1.99. The maximum atomic E-state index is 10.5. The van der Waals surface area contributed by atoms with Crippen LogP contribution >= 0.6 is 11.6 Å². The van der Waals surface area contributed by atoms with Gasteiger partial charge in [0, 0.05) is 0 Å². The molecular formula is C6H7ClN2O3. The second-order valence-electron chi connectivity index (χ2n) is 2.27. The maximum Gasteiger partial charge on any atom is 0.314 e. The van der Waals surface area contributed by atoms with Crippen LogP contribution in [0.25, 0.3) is 0 Å². The van der Waals surface area contributed by atoms with Crippen LogP contribution in [-0.4, -0.2) is 16.1 Å². The first-order chi connectivity index (χ1) is 5.52. The number of nitrogens with zero attached hydrogens (tertiary/aromatic N) is 1. The van der Waals surface area contributed by atoms with Crippen LogP contribution in [0.5, 0.6) is 0 Å². The first-order valence-corrected chi connectivity index (χ1v) is 3.54. The summed E-state index contributed by atoms with van der Waals surface area (Å²) in [6.45, 7) is 1.44. The Morgan fingerprint density at radius 3 is 2.75 bits per heavy atom. The quantitative estimate of drug-likeness (QED) is 0.729. The molecule has 1 aromatic heterocycles. The molecule has 0 aliphatic rings. The van der Waals surface area contributed by atoms with Crippen molar-refractivity contribution in [1.29, 1.82) is 0 Å². The van der Waals surface area contributed by atoms with Crippen molar-refractivity contribution in [2.24, 2.45) is 0 Å². The molecule has 1 aromatic rings. The summed E-state index contributed by atoms with van der Waals surface area (Å²) < 4.78 is 4.79. The molecule has 5 nitrogen and oxygen atoms in total. The third-order valence-electron chi connectivity index (χ3n) is 1.39. The zero-order valence-electron chi connectivity index (χ0n) is 6.24. The average molecular weight is 191 g/mol. The van der Waals surface area contributed by atoms with Crippen LogP contribution in [0.1, 0.15) is 18.6 Å². The Hall–Kier alpha value is -1.23. The minimum absolute atomic E-state index is 0.00222. The molecule has 6 heteroatoms. The highest BCUT2D eigenvalue weighted by atomic mass is 35.5. The molecule has 0 amide bonds. The van der Waals surface area contributed by atoms with Crippen LogP contribution in [-0.2, 0) is 4.79 Å². The molecule has 0 saturated heterocycles. The van der Waals surface area contributed by atoms with E-state index in [1.165, 1.54) is 6.92 Å². The molecule has 0 spiro atoms. The smallest absolute Gasteiger partial charge is 0.314 e. The maximum absolute atomic E-state index is 10.5. The van der Waals surface area contributed by atoms with E-state index in [9.17, 15) is 4.79 Å². The number of halogens is 1. The molecule has 0 aromatic carbocycles. The summed E-state index contributed by atoms with van der Waals surface area (Å²) in [5.41, 5.74) is 5.16. The van der Waals surface area contributed by atoms with Gasteiger partial charge in [-0.2, -0.15) is 4.98 Å². The lowest BCUT2D eigenvalue weighted by atomic mass is 10.1. The third-order valence-corrected chi connectivity index (χ3v) is 1.66. The molecule has 0 fully saturated rings. The first kappa shape index (κ1) is 8.86. The van der Waals surface area contributed by atoms with E-state index in [0.717, 1.165) is 0 Å². The van der Waals surface area contributed by atoms with Gasteiger partial charge in [0.15, 0.2) is 10.9 Å². The zero-order valence-corrected chi connectivity index (χ0v) is 7.00. The lowest BCUT2D eigenvalue weighted by molar-refractivity contribution is -0.138. The number of oxazole rings is 1. The van der Waals surface area contributed by atoms with Gasteiger partial charge in [-0.25, -0.2) is 0 Å². The van der Waals surface area contributed by atoms with E-state index in [1.807, 2.05) is 0 Å². The standard InChI is InChI=1S/C6H7ClN2O3/c1-2(5(10)11)3-4(7)9-6(8)12-3/h2H,1H3,(H2,8,9)(H,10,11). The number of nitrogens with two attached hydrogens (primary N) is 1. The number of carboxylic acid groups (broad SMARTS) is 1. The minimum atomic E-state index is -1.03. The van der Waals surface area contributed by atoms with Crippen molar-refractivity contribution < 1.29 is 14.3 Å². The number of hydrogen-bond acceptors (Lipinski definition) is 4. The van der Waals surface area contributed by atoms with Gasteiger partial charge in [-0.1, -0.05) is 11.6 Å². The number of carbonyl (C=O) groups is 1. The number of aliphatic carboxylic acids is 1. The monoisotopic (exact) mass is 190 g/mol. The fourth-order valence-corrected chi connectivity index (χ4v) is 0.994. The fraction of sp³-hybridized carbons (Fsp3) is 0.333. The van der Waals surface area contributed by atoms with Gasteiger partial charge in [0.05, 0.1) is 0 Å². The Morgan fingerprint density at radius 2 is 2.42 bits per heavy atom. The summed E-state index contributed by atoms with van der Waals surface area (Å²) >= 11 is 5.54. The number of nitrogen functional groups attached to an aromatic ring is 1. The highest BCUT2D eigenvalue weighted by molar-refractivity contribution is 6.30. The van der Waals surface area contributed by atoms with Crippen molar-refractivity contribution in [2.75, 3.05) is 5.73 Å². The molecule has 12 heavy (non-hydrogen) atoms. The SMILES string of the molecule is CC(C(=O)O)c1oc(N)nc1Cl. The van der Waals surface area contributed by atoms with Gasteiger partial charge in [-0.15, -0.1) is 0 Å². The summed E-state index contributed by atoms with van der Waals surface area (Å²) in [5.74, 6) is -1.78. The minimum Gasteiger partial charge on any atom is -0.481 e. The molecule has 0 aliphatic carbocycles. The second-order valence-corrected chi connectivity index (χ2v) is 2.63. The molecule has 1 rings (SSSR count). The van der Waals surface area contributed by atoms with E-state index in [2.05, 4.69) is 4.98 Å². The molecule has 1 heterocycles. The van der Waals surface area contributed by atoms with E-state index in [-0.39, 0.29) is 16.9 Å². The Morgan fingerprint density at radius 1 is 1.83 bits per heavy atom. The van der Waals surface area contributed by atoms with E-state index in [0.29, 0.717) is 0 Å². The van der Waals surface area contributed by atoms with Crippen molar-refractivity contribution in [2.45, 2.75) is 12.8 Å². The van der Waals surface area contributed by atoms with E-state index < -0.39 is 11.9 Å². The van der Waals surface area contributed by atoms with Gasteiger partial charge >= 0.3 is 5.97 Å². The Balaban J connectivity index is 3.02. The van der Waals surface area contributed by atoms with Crippen LogP contribution < -0.4 is 5.73 Å². The Labute approximate surface area is 73.1 Å². The molecular weight excluding hydrogens is 184 g/mol. The number of aromatic nitrogens is 1. The Bertz CT molecular complexity index is 310. The summed E-state index contributed by atoms with van der Waals surface area (Å²) in [7, 11) is 0. The van der Waals surface area contributed by atoms with Crippen LogP contribution in [0, 0.1) is 0 Å². The molecule has 1 atom stereocenters. The fourth-order valence-electron chi connectivity index (χ4n) is 0.709. The van der Waals surface area contributed by atoms with Crippen molar-refractivity contribution in [1.82, 2.24) is 4.98 Å². The van der Waals surface area contributed by atoms with Crippen LogP contribution in [0.2, 0.25) is 5.15 Å². The number of hydrogen-bond donors (Lipinski definition) is 2. The first-order valence-electron chi connectivity index (χ1n) is 3.17. The topological polar surface area (TPSA) is 89.3 Å². The van der Waals surface area contributed by atoms with Crippen LogP contribution in [0.15, 0.2) is 4.42 Å². The van der Waals surface area contributed by atoms with Crippen molar-refractivity contribution in [3.8, 4) is 0 Å². The average Bonchev–Trinajstić information content (AvgIpc) is 2.28.